The number of carbonyl (C=O) groups is 1. The normalized spacial score (nSPS) is 12.0. The largest absolute Gasteiger partial charge is 0.416 e. The second-order valence-corrected chi connectivity index (χ2v) is 6.52. The van der Waals surface area contributed by atoms with Crippen molar-refractivity contribution in [1.29, 1.82) is 0 Å². The predicted octanol–water partition coefficient (Wildman–Crippen LogP) is 5.98. The van der Waals surface area contributed by atoms with Crippen LogP contribution < -0.4 is 9.62 Å². The number of nitrogens with zero attached hydrogens (tertiary/aromatic N) is 1. The Morgan fingerprint density at radius 2 is 1.57 bits per heavy atom. The monoisotopic (exact) mass is 442 g/mol. The van der Waals surface area contributed by atoms with Crippen molar-refractivity contribution in [2.24, 2.45) is 0 Å². The Balaban J connectivity index is 2.15. The van der Waals surface area contributed by atoms with E-state index < -0.39 is 35.2 Å². The molecule has 28 heavy (non-hydrogen) atoms. The number of urea groups is 1. The Kier molecular flexibility index (Phi) is 6.76. The number of anilines is 1. The molecule has 0 heterocycles. The lowest BCUT2D eigenvalue weighted by molar-refractivity contribution is -0.143. The van der Waals surface area contributed by atoms with Crippen LogP contribution in [-0.4, -0.2) is 12.6 Å². The molecule has 2 aromatic rings. The molecule has 2 amide bonds. The van der Waals surface area contributed by atoms with Gasteiger partial charge in [-0.05, 0) is 42.3 Å². The van der Waals surface area contributed by atoms with Gasteiger partial charge in [0.25, 0.3) is 0 Å². The lowest BCUT2D eigenvalue weighted by Gasteiger charge is -2.20. The first-order valence-electron chi connectivity index (χ1n) is 7.68. The molecule has 0 spiro atoms. The third-order valence-corrected chi connectivity index (χ3v) is 4.24. The third-order valence-electron chi connectivity index (χ3n) is 3.59. The number of hydrogen-bond acceptors (Lipinski definition) is 2. The lowest BCUT2D eigenvalue weighted by Crippen LogP contribution is -2.35. The molecule has 2 aromatic carbocycles. The Bertz CT molecular complexity index is 824. The molecule has 3 nitrogen and oxygen atoms in total. The Morgan fingerprint density at radius 3 is 2.07 bits per heavy atom. The van der Waals surface area contributed by atoms with E-state index in [0.29, 0.717) is 27.9 Å². The second kappa shape index (κ2) is 8.52. The van der Waals surface area contributed by atoms with Crippen molar-refractivity contribution < 1.29 is 31.1 Å². The van der Waals surface area contributed by atoms with E-state index in [4.69, 9.17) is 11.6 Å². The van der Waals surface area contributed by atoms with E-state index >= 15 is 0 Å². The fourth-order valence-electron chi connectivity index (χ4n) is 2.26. The van der Waals surface area contributed by atoms with Crippen LogP contribution in [0, 0.1) is 0 Å². The SMILES string of the molecule is O=C(NCCc1cccc(Cl)c1)N(S)c1cc(C(F)(F)F)cc(C(F)(F)F)c1. The molecule has 0 aliphatic rings. The summed E-state index contributed by atoms with van der Waals surface area (Å²) in [5.74, 6) is 0. The zero-order valence-corrected chi connectivity index (χ0v) is 15.6. The average molecular weight is 443 g/mol. The minimum absolute atomic E-state index is 0.0256. The summed E-state index contributed by atoms with van der Waals surface area (Å²) in [6.07, 6.45) is -9.69. The Morgan fingerprint density at radius 1 is 1.00 bits per heavy atom. The van der Waals surface area contributed by atoms with Crippen molar-refractivity contribution in [2.45, 2.75) is 18.8 Å². The van der Waals surface area contributed by atoms with Crippen LogP contribution in [0.25, 0.3) is 0 Å². The molecule has 0 unspecified atom stereocenters. The molecule has 2 rings (SSSR count). The van der Waals surface area contributed by atoms with Crippen LogP contribution >= 0.6 is 24.4 Å². The molecule has 0 saturated carbocycles. The van der Waals surface area contributed by atoms with E-state index in [1.165, 1.54) is 0 Å². The number of nitrogens with one attached hydrogen (secondary N) is 1. The van der Waals surface area contributed by atoms with Crippen LogP contribution in [0.15, 0.2) is 42.5 Å². The number of carbonyl (C=O) groups excluding carboxylic acids is 1. The molecule has 1 N–H and O–H groups in total. The molecule has 0 radical (unpaired) electrons. The van der Waals surface area contributed by atoms with Gasteiger partial charge in [0.15, 0.2) is 0 Å². The van der Waals surface area contributed by atoms with Gasteiger partial charge in [0.2, 0.25) is 0 Å². The van der Waals surface area contributed by atoms with Crippen LogP contribution in [0.5, 0.6) is 0 Å². The summed E-state index contributed by atoms with van der Waals surface area (Å²) in [6, 6.07) is 6.60. The summed E-state index contributed by atoms with van der Waals surface area (Å²) >= 11 is 9.57. The predicted molar refractivity (Wildman–Crippen MR) is 96.5 cm³/mol. The molecule has 0 fully saturated rings. The molecule has 0 bridgehead atoms. The van der Waals surface area contributed by atoms with Gasteiger partial charge in [-0.1, -0.05) is 36.5 Å². The van der Waals surface area contributed by atoms with Crippen molar-refractivity contribution in [2.75, 3.05) is 10.8 Å². The van der Waals surface area contributed by atoms with Crippen molar-refractivity contribution in [1.82, 2.24) is 5.32 Å². The molecule has 0 aliphatic heterocycles. The van der Waals surface area contributed by atoms with Crippen LogP contribution in [-0.2, 0) is 18.8 Å². The standard InChI is InChI=1S/C17H13ClF6N2OS/c18-13-3-1-2-10(6-13)4-5-25-15(27)26(28)14-8-11(16(19,20)21)7-12(9-14)17(22,23)24/h1-3,6-9,28H,4-5H2,(H,25,27). The van der Waals surface area contributed by atoms with Crippen LogP contribution in [0.2, 0.25) is 5.02 Å². The van der Waals surface area contributed by atoms with Crippen molar-refractivity contribution in [3.05, 3.63) is 64.2 Å². The second-order valence-electron chi connectivity index (χ2n) is 5.69. The first kappa shape index (κ1) is 22.2. The van der Waals surface area contributed by atoms with Gasteiger partial charge < -0.3 is 5.32 Å². The van der Waals surface area contributed by atoms with E-state index in [1.54, 1.807) is 24.3 Å². The molecular formula is C17H13ClF6N2OS. The van der Waals surface area contributed by atoms with Gasteiger partial charge >= 0.3 is 18.4 Å². The highest BCUT2D eigenvalue weighted by molar-refractivity contribution is 7.82. The number of rotatable bonds is 4. The first-order valence-corrected chi connectivity index (χ1v) is 8.46. The van der Waals surface area contributed by atoms with E-state index in [0.717, 1.165) is 5.56 Å². The van der Waals surface area contributed by atoms with E-state index in [-0.39, 0.29) is 12.6 Å². The zero-order valence-electron chi connectivity index (χ0n) is 13.9. The molecule has 0 aliphatic carbocycles. The number of benzene rings is 2. The lowest BCUT2D eigenvalue weighted by atomic mass is 10.1. The number of alkyl halides is 6. The van der Waals surface area contributed by atoms with Gasteiger partial charge in [-0.2, -0.15) is 26.3 Å². The van der Waals surface area contributed by atoms with Gasteiger partial charge in [0, 0.05) is 11.6 Å². The van der Waals surface area contributed by atoms with E-state index in [2.05, 4.69) is 18.1 Å². The average Bonchev–Trinajstić information content (AvgIpc) is 2.59. The summed E-state index contributed by atoms with van der Waals surface area (Å²) < 4.78 is 77.8. The highest BCUT2D eigenvalue weighted by Crippen LogP contribution is 2.38. The highest BCUT2D eigenvalue weighted by atomic mass is 35.5. The van der Waals surface area contributed by atoms with Gasteiger partial charge in [0.1, 0.15) is 0 Å². The minimum Gasteiger partial charge on any atom is -0.337 e. The summed E-state index contributed by atoms with van der Waals surface area (Å²) in [4.78, 5) is 12.1. The van der Waals surface area contributed by atoms with Crippen LogP contribution in [0.3, 0.4) is 0 Å². The first-order chi connectivity index (χ1) is 12.9. The molecular weight excluding hydrogens is 430 g/mol. The third kappa shape index (κ3) is 5.96. The maximum atomic E-state index is 12.9. The van der Waals surface area contributed by atoms with Crippen LogP contribution in [0.1, 0.15) is 16.7 Å². The number of halogens is 7. The van der Waals surface area contributed by atoms with Gasteiger partial charge in [-0.3, -0.25) is 0 Å². The maximum absolute atomic E-state index is 12.9. The minimum atomic E-state index is -5.02. The fraction of sp³-hybridized carbons (Fsp3) is 0.235. The van der Waals surface area contributed by atoms with Crippen LogP contribution in [0.4, 0.5) is 36.8 Å². The number of amides is 2. The molecule has 0 saturated heterocycles. The highest BCUT2D eigenvalue weighted by Gasteiger charge is 2.37. The molecule has 0 aromatic heterocycles. The summed E-state index contributed by atoms with van der Waals surface area (Å²) in [5.41, 5.74) is -2.95. The fourth-order valence-corrected chi connectivity index (χ4v) is 2.66. The Labute approximate surface area is 166 Å². The molecule has 11 heteroatoms. The van der Waals surface area contributed by atoms with Gasteiger partial charge in [-0.25, -0.2) is 9.10 Å². The van der Waals surface area contributed by atoms with Gasteiger partial charge in [0.05, 0.1) is 16.8 Å². The number of thiol groups is 1. The van der Waals surface area contributed by atoms with E-state index in [1.807, 2.05) is 0 Å². The zero-order chi connectivity index (χ0) is 21.1. The maximum Gasteiger partial charge on any atom is 0.416 e. The number of hydrogen-bond donors (Lipinski definition) is 2. The smallest absolute Gasteiger partial charge is 0.337 e. The van der Waals surface area contributed by atoms with Crippen molar-refractivity contribution in [3.8, 4) is 0 Å². The summed E-state index contributed by atoms with van der Waals surface area (Å²) in [6.45, 7) is 0.0708. The van der Waals surface area contributed by atoms with Crippen molar-refractivity contribution in [3.63, 3.8) is 0 Å². The molecule has 152 valence electrons. The molecule has 0 atom stereocenters. The topological polar surface area (TPSA) is 32.3 Å². The van der Waals surface area contributed by atoms with Crippen molar-refractivity contribution >= 4 is 36.1 Å². The Hall–Kier alpha value is -2.07. The quantitative estimate of drug-likeness (QED) is 0.443. The summed E-state index contributed by atoms with van der Waals surface area (Å²) in [7, 11) is 0. The van der Waals surface area contributed by atoms with Gasteiger partial charge in [-0.15, -0.1) is 0 Å². The summed E-state index contributed by atoms with van der Waals surface area (Å²) in [5, 5.41) is 2.86. The van der Waals surface area contributed by atoms with E-state index in [9.17, 15) is 31.1 Å².